The third-order valence-electron chi connectivity index (χ3n) is 5.51. The highest BCUT2D eigenvalue weighted by Crippen LogP contribution is 2.28. The molecule has 0 amide bonds. The molecule has 1 unspecified atom stereocenters. The normalized spacial score (nSPS) is 27.0. The highest BCUT2D eigenvalue weighted by molar-refractivity contribution is 7.91. The Kier molecular flexibility index (Phi) is 5.33. The summed E-state index contributed by atoms with van der Waals surface area (Å²) in [5.74, 6) is 0.976. The highest BCUT2D eigenvalue weighted by Gasteiger charge is 2.34. The zero-order chi connectivity index (χ0) is 17.2. The van der Waals surface area contributed by atoms with Gasteiger partial charge in [-0.05, 0) is 44.1 Å². The first-order chi connectivity index (χ1) is 11.3. The van der Waals surface area contributed by atoms with E-state index in [0.717, 1.165) is 45.3 Å². The average molecular weight is 352 g/mol. The Morgan fingerprint density at radius 3 is 2.50 bits per heavy atom. The van der Waals surface area contributed by atoms with Crippen LogP contribution in [0, 0.1) is 12.8 Å². The minimum Gasteiger partial charge on any atom is -0.389 e. The Bertz CT molecular complexity index is 646. The first-order valence-corrected chi connectivity index (χ1v) is 10.9. The van der Waals surface area contributed by atoms with Gasteiger partial charge in [-0.2, -0.15) is 0 Å². The molecule has 5 heteroatoms. The SMILES string of the molecule is Cc1ccc(CC2(O)CCN(CC3CCCS(=O)(=O)C3)CC2)cc1. The first kappa shape index (κ1) is 17.9. The minimum atomic E-state index is -2.83. The van der Waals surface area contributed by atoms with E-state index in [1.165, 1.54) is 11.1 Å². The highest BCUT2D eigenvalue weighted by atomic mass is 32.2. The molecule has 3 rings (SSSR count). The van der Waals surface area contributed by atoms with Gasteiger partial charge in [0.1, 0.15) is 0 Å². The predicted octanol–water partition coefficient (Wildman–Crippen LogP) is 2.19. The van der Waals surface area contributed by atoms with Gasteiger partial charge < -0.3 is 10.0 Å². The lowest BCUT2D eigenvalue weighted by Crippen LogP contribution is -2.47. The van der Waals surface area contributed by atoms with Gasteiger partial charge in [0, 0.05) is 26.1 Å². The van der Waals surface area contributed by atoms with Crippen LogP contribution >= 0.6 is 0 Å². The Balaban J connectivity index is 1.50. The smallest absolute Gasteiger partial charge is 0.150 e. The van der Waals surface area contributed by atoms with E-state index in [1.807, 2.05) is 0 Å². The van der Waals surface area contributed by atoms with Crippen LogP contribution in [-0.4, -0.2) is 55.2 Å². The van der Waals surface area contributed by atoms with Crippen molar-refractivity contribution in [1.29, 1.82) is 0 Å². The fraction of sp³-hybridized carbons (Fsp3) is 0.684. The van der Waals surface area contributed by atoms with Crippen LogP contribution in [0.5, 0.6) is 0 Å². The van der Waals surface area contributed by atoms with Gasteiger partial charge in [-0.15, -0.1) is 0 Å². The number of piperidine rings is 1. The maximum atomic E-state index is 11.8. The summed E-state index contributed by atoms with van der Waals surface area (Å²) < 4.78 is 23.5. The molecule has 134 valence electrons. The molecule has 4 nitrogen and oxygen atoms in total. The first-order valence-electron chi connectivity index (χ1n) is 9.04. The van der Waals surface area contributed by atoms with E-state index in [4.69, 9.17) is 0 Å². The maximum Gasteiger partial charge on any atom is 0.150 e. The summed E-state index contributed by atoms with van der Waals surface area (Å²) in [7, 11) is -2.83. The molecule has 0 saturated carbocycles. The molecule has 0 bridgehead atoms. The number of likely N-dealkylation sites (tertiary alicyclic amines) is 1. The molecule has 2 heterocycles. The molecule has 0 radical (unpaired) electrons. The van der Waals surface area contributed by atoms with Crippen molar-refractivity contribution in [2.75, 3.05) is 31.1 Å². The van der Waals surface area contributed by atoms with Crippen LogP contribution in [0.4, 0.5) is 0 Å². The molecule has 0 aliphatic carbocycles. The third-order valence-corrected chi connectivity index (χ3v) is 7.40. The Labute approximate surface area is 145 Å². The van der Waals surface area contributed by atoms with E-state index >= 15 is 0 Å². The lowest BCUT2D eigenvalue weighted by atomic mass is 9.85. The van der Waals surface area contributed by atoms with Crippen LogP contribution in [0.15, 0.2) is 24.3 Å². The van der Waals surface area contributed by atoms with Crippen LogP contribution in [0.2, 0.25) is 0 Å². The summed E-state index contributed by atoms with van der Waals surface area (Å²) in [6, 6.07) is 8.40. The van der Waals surface area contributed by atoms with Crippen LogP contribution < -0.4 is 0 Å². The van der Waals surface area contributed by atoms with Gasteiger partial charge in [0.05, 0.1) is 17.1 Å². The van der Waals surface area contributed by atoms with Crippen LogP contribution in [0.3, 0.4) is 0 Å². The van der Waals surface area contributed by atoms with E-state index in [0.29, 0.717) is 17.9 Å². The van der Waals surface area contributed by atoms with Crippen molar-refractivity contribution < 1.29 is 13.5 Å². The number of aryl methyl sites for hydroxylation is 1. The van der Waals surface area contributed by atoms with Crippen molar-refractivity contribution in [2.24, 2.45) is 5.92 Å². The summed E-state index contributed by atoms with van der Waals surface area (Å²) in [6.45, 7) is 4.65. The van der Waals surface area contributed by atoms with Crippen molar-refractivity contribution in [3.8, 4) is 0 Å². The quantitative estimate of drug-likeness (QED) is 0.903. The van der Waals surface area contributed by atoms with Gasteiger partial charge in [0.2, 0.25) is 0 Å². The monoisotopic (exact) mass is 351 g/mol. The van der Waals surface area contributed by atoms with Gasteiger partial charge >= 0.3 is 0 Å². The van der Waals surface area contributed by atoms with Gasteiger partial charge in [-0.3, -0.25) is 0 Å². The summed E-state index contributed by atoms with van der Waals surface area (Å²) in [6.07, 6.45) is 4.06. The number of sulfone groups is 1. The van der Waals surface area contributed by atoms with E-state index in [-0.39, 0.29) is 5.92 Å². The number of aliphatic hydroxyl groups is 1. The number of benzene rings is 1. The molecule has 2 fully saturated rings. The maximum absolute atomic E-state index is 11.8. The summed E-state index contributed by atoms with van der Waals surface area (Å²) >= 11 is 0. The fourth-order valence-corrected chi connectivity index (χ4v) is 5.80. The van der Waals surface area contributed by atoms with Gasteiger partial charge in [-0.1, -0.05) is 29.8 Å². The second kappa shape index (κ2) is 7.14. The molecule has 0 spiro atoms. The third kappa shape index (κ3) is 4.80. The topological polar surface area (TPSA) is 57.6 Å². The van der Waals surface area contributed by atoms with E-state index in [9.17, 15) is 13.5 Å². The van der Waals surface area contributed by atoms with Crippen LogP contribution in [0.25, 0.3) is 0 Å². The lowest BCUT2D eigenvalue weighted by Gasteiger charge is -2.40. The molecule has 1 aromatic rings. The zero-order valence-electron chi connectivity index (χ0n) is 14.6. The standard InChI is InChI=1S/C19H29NO3S/c1-16-4-6-17(7-5-16)13-19(21)8-10-20(11-9-19)14-18-3-2-12-24(22,23)15-18/h4-7,18,21H,2-3,8-15H2,1H3. The molecule has 2 saturated heterocycles. The second-order valence-corrected chi connectivity index (χ2v) is 10.0. The molecule has 1 atom stereocenters. The fourth-order valence-electron chi connectivity index (χ4n) is 4.04. The number of hydrogen-bond donors (Lipinski definition) is 1. The second-order valence-electron chi connectivity index (χ2n) is 7.81. The molecular weight excluding hydrogens is 322 g/mol. The lowest BCUT2D eigenvalue weighted by molar-refractivity contribution is -0.0233. The molecule has 2 aliphatic heterocycles. The number of nitrogens with zero attached hydrogens (tertiary/aromatic N) is 1. The summed E-state index contributed by atoms with van der Waals surface area (Å²) in [5, 5.41) is 10.9. The Hall–Kier alpha value is -0.910. The molecule has 2 aliphatic rings. The Morgan fingerprint density at radius 1 is 1.21 bits per heavy atom. The molecular formula is C19H29NO3S. The van der Waals surface area contributed by atoms with E-state index < -0.39 is 15.4 Å². The van der Waals surface area contributed by atoms with Gasteiger partial charge in [0.25, 0.3) is 0 Å². The van der Waals surface area contributed by atoms with E-state index in [2.05, 4.69) is 36.1 Å². The predicted molar refractivity (Wildman–Crippen MR) is 96.9 cm³/mol. The van der Waals surface area contributed by atoms with Gasteiger partial charge in [-0.25, -0.2) is 8.42 Å². The Morgan fingerprint density at radius 2 is 1.88 bits per heavy atom. The molecule has 0 aromatic heterocycles. The summed E-state index contributed by atoms with van der Waals surface area (Å²) in [4.78, 5) is 2.34. The van der Waals surface area contributed by atoms with Crippen molar-refractivity contribution >= 4 is 9.84 Å². The largest absolute Gasteiger partial charge is 0.389 e. The van der Waals surface area contributed by atoms with Crippen molar-refractivity contribution in [3.63, 3.8) is 0 Å². The summed E-state index contributed by atoms with van der Waals surface area (Å²) in [5.41, 5.74) is 1.81. The van der Waals surface area contributed by atoms with Crippen molar-refractivity contribution in [2.45, 2.75) is 44.6 Å². The van der Waals surface area contributed by atoms with Crippen molar-refractivity contribution in [3.05, 3.63) is 35.4 Å². The number of rotatable bonds is 4. The zero-order valence-corrected chi connectivity index (χ0v) is 15.4. The molecule has 24 heavy (non-hydrogen) atoms. The molecule has 1 N–H and O–H groups in total. The van der Waals surface area contributed by atoms with Crippen LogP contribution in [-0.2, 0) is 16.3 Å². The number of hydrogen-bond acceptors (Lipinski definition) is 4. The van der Waals surface area contributed by atoms with Crippen LogP contribution in [0.1, 0.15) is 36.8 Å². The van der Waals surface area contributed by atoms with Crippen molar-refractivity contribution in [1.82, 2.24) is 4.90 Å². The van der Waals surface area contributed by atoms with E-state index in [1.54, 1.807) is 0 Å². The van der Waals surface area contributed by atoms with Gasteiger partial charge in [0.15, 0.2) is 9.84 Å². The average Bonchev–Trinajstić information content (AvgIpc) is 2.51. The molecule has 1 aromatic carbocycles. The minimum absolute atomic E-state index is 0.270.